The van der Waals surface area contributed by atoms with Crippen molar-refractivity contribution in [3.8, 4) is 0 Å². The van der Waals surface area contributed by atoms with Gasteiger partial charge in [0.1, 0.15) is 12.4 Å². The van der Waals surface area contributed by atoms with Crippen molar-refractivity contribution in [2.45, 2.75) is 13.1 Å². The first-order valence-electron chi connectivity index (χ1n) is 6.31. The Morgan fingerprint density at radius 1 is 1.29 bits per heavy atom. The van der Waals surface area contributed by atoms with Crippen molar-refractivity contribution in [3.05, 3.63) is 69.4 Å². The number of carbonyl (C=O) groups is 1. The van der Waals surface area contributed by atoms with Crippen LogP contribution in [0.3, 0.4) is 0 Å². The van der Waals surface area contributed by atoms with Gasteiger partial charge in [-0.15, -0.1) is 0 Å². The monoisotopic (exact) mass is 308 g/mol. The van der Waals surface area contributed by atoms with Crippen LogP contribution in [0.4, 0.5) is 4.39 Å². The first kappa shape index (κ1) is 15.3. The Morgan fingerprint density at radius 2 is 2.05 bits per heavy atom. The van der Waals surface area contributed by atoms with E-state index in [1.165, 1.54) is 33.9 Å². The van der Waals surface area contributed by atoms with Crippen LogP contribution in [-0.2, 0) is 17.9 Å². The minimum absolute atomic E-state index is 0.0475. The molecule has 6 heteroatoms. The molecule has 0 saturated carbocycles. The van der Waals surface area contributed by atoms with Crippen LogP contribution in [0, 0.1) is 5.82 Å². The van der Waals surface area contributed by atoms with E-state index in [0.717, 1.165) is 0 Å². The first-order chi connectivity index (χ1) is 9.99. The van der Waals surface area contributed by atoms with Crippen molar-refractivity contribution >= 4 is 17.5 Å². The van der Waals surface area contributed by atoms with Crippen molar-refractivity contribution in [1.29, 1.82) is 0 Å². The molecule has 0 aliphatic rings. The lowest BCUT2D eigenvalue weighted by molar-refractivity contribution is -0.131. The topological polar surface area (TPSA) is 42.3 Å². The number of rotatable bonds is 4. The van der Waals surface area contributed by atoms with Gasteiger partial charge in [-0.3, -0.25) is 9.59 Å². The highest BCUT2D eigenvalue weighted by molar-refractivity contribution is 6.31. The second-order valence-electron chi connectivity index (χ2n) is 4.62. The third-order valence-electron chi connectivity index (χ3n) is 3.09. The molecule has 1 aromatic carbocycles. The largest absolute Gasteiger partial charge is 0.340 e. The number of amides is 1. The normalized spacial score (nSPS) is 10.4. The summed E-state index contributed by atoms with van der Waals surface area (Å²) in [6.45, 7) is -0.0475. The zero-order valence-corrected chi connectivity index (χ0v) is 12.2. The Morgan fingerprint density at radius 3 is 2.71 bits per heavy atom. The van der Waals surface area contributed by atoms with E-state index in [0.29, 0.717) is 0 Å². The summed E-state index contributed by atoms with van der Waals surface area (Å²) >= 11 is 5.93. The van der Waals surface area contributed by atoms with Crippen molar-refractivity contribution in [2.75, 3.05) is 7.05 Å². The fraction of sp³-hybridized carbons (Fsp3) is 0.200. The van der Waals surface area contributed by atoms with E-state index in [1.807, 2.05) is 0 Å². The summed E-state index contributed by atoms with van der Waals surface area (Å²) in [5.41, 5.74) is -0.00130. The summed E-state index contributed by atoms with van der Waals surface area (Å²) in [6.07, 6.45) is 1.53. The number of pyridine rings is 1. The summed E-state index contributed by atoms with van der Waals surface area (Å²) in [5.74, 6) is -0.762. The number of aromatic nitrogens is 1. The smallest absolute Gasteiger partial charge is 0.250 e. The molecule has 0 saturated heterocycles. The van der Waals surface area contributed by atoms with E-state index < -0.39 is 5.82 Å². The maximum absolute atomic E-state index is 13.7. The molecule has 0 spiro atoms. The molecule has 21 heavy (non-hydrogen) atoms. The van der Waals surface area contributed by atoms with Gasteiger partial charge in [0.2, 0.25) is 5.91 Å². The summed E-state index contributed by atoms with van der Waals surface area (Å²) in [4.78, 5) is 25.0. The molecule has 2 rings (SSSR count). The Labute approximate surface area is 126 Å². The summed E-state index contributed by atoms with van der Waals surface area (Å²) in [5, 5.41) is 0.270. The molecule has 1 amide bonds. The molecule has 0 N–H and O–H groups in total. The summed E-state index contributed by atoms with van der Waals surface area (Å²) in [6, 6.07) is 9.02. The lowest BCUT2D eigenvalue weighted by Gasteiger charge is -2.19. The van der Waals surface area contributed by atoms with Gasteiger partial charge in [0.25, 0.3) is 5.56 Å². The van der Waals surface area contributed by atoms with E-state index in [1.54, 1.807) is 25.2 Å². The van der Waals surface area contributed by atoms with Crippen LogP contribution < -0.4 is 5.56 Å². The lowest BCUT2D eigenvalue weighted by atomic mass is 10.2. The van der Waals surface area contributed by atoms with Crippen molar-refractivity contribution in [2.24, 2.45) is 0 Å². The van der Waals surface area contributed by atoms with Crippen LogP contribution in [0.15, 0.2) is 47.4 Å². The first-order valence-corrected chi connectivity index (χ1v) is 6.69. The Balaban J connectivity index is 2.10. The number of hydrogen-bond acceptors (Lipinski definition) is 2. The lowest BCUT2D eigenvalue weighted by Crippen LogP contribution is -2.33. The average molecular weight is 309 g/mol. The summed E-state index contributed by atoms with van der Waals surface area (Å²) < 4.78 is 15.0. The molecule has 0 atom stereocenters. The fourth-order valence-corrected chi connectivity index (χ4v) is 2.09. The Kier molecular flexibility index (Phi) is 4.75. The van der Waals surface area contributed by atoms with Gasteiger partial charge in [-0.2, -0.15) is 0 Å². The van der Waals surface area contributed by atoms with E-state index in [-0.39, 0.29) is 35.1 Å². The minimum Gasteiger partial charge on any atom is -0.340 e. The minimum atomic E-state index is -0.459. The summed E-state index contributed by atoms with van der Waals surface area (Å²) in [7, 11) is 1.54. The van der Waals surface area contributed by atoms with Gasteiger partial charge in [0.05, 0.1) is 0 Å². The molecule has 0 aliphatic carbocycles. The zero-order valence-electron chi connectivity index (χ0n) is 11.4. The number of benzene rings is 1. The van der Waals surface area contributed by atoms with Gasteiger partial charge in [-0.25, -0.2) is 4.39 Å². The van der Waals surface area contributed by atoms with Gasteiger partial charge < -0.3 is 9.47 Å². The van der Waals surface area contributed by atoms with E-state index in [4.69, 9.17) is 11.6 Å². The highest BCUT2D eigenvalue weighted by atomic mass is 35.5. The molecule has 1 aromatic heterocycles. The standard InChI is InChI=1S/C15H14ClFN2O2/c1-18(9-11-12(16)5-4-6-13(11)17)15(21)10-19-8-3-2-7-14(19)20/h2-8H,9-10H2,1H3. The zero-order chi connectivity index (χ0) is 15.4. The van der Waals surface area contributed by atoms with Crippen molar-refractivity contribution in [1.82, 2.24) is 9.47 Å². The predicted molar refractivity (Wildman–Crippen MR) is 78.6 cm³/mol. The van der Waals surface area contributed by atoms with Crippen LogP contribution in [-0.4, -0.2) is 22.4 Å². The predicted octanol–water partition coefficient (Wildman–Crippen LogP) is 2.30. The molecular weight excluding hydrogens is 295 g/mol. The van der Waals surface area contributed by atoms with E-state index in [9.17, 15) is 14.0 Å². The van der Waals surface area contributed by atoms with Gasteiger partial charge >= 0.3 is 0 Å². The quantitative estimate of drug-likeness (QED) is 0.870. The Bertz CT molecular complexity index is 695. The fourth-order valence-electron chi connectivity index (χ4n) is 1.87. The highest BCUT2D eigenvalue weighted by Gasteiger charge is 2.14. The molecule has 1 heterocycles. The van der Waals surface area contributed by atoms with Crippen molar-refractivity contribution < 1.29 is 9.18 Å². The van der Waals surface area contributed by atoms with Crippen LogP contribution in [0.1, 0.15) is 5.56 Å². The molecule has 0 unspecified atom stereocenters. The molecule has 4 nitrogen and oxygen atoms in total. The third kappa shape index (κ3) is 3.70. The molecular formula is C15H14ClFN2O2. The SMILES string of the molecule is CN(Cc1c(F)cccc1Cl)C(=O)Cn1ccccc1=O. The molecule has 0 radical (unpaired) electrons. The van der Waals surface area contributed by atoms with Crippen LogP contribution in [0.25, 0.3) is 0 Å². The molecule has 2 aromatic rings. The number of halogens is 2. The third-order valence-corrected chi connectivity index (χ3v) is 3.44. The number of nitrogens with zero attached hydrogens (tertiary/aromatic N) is 2. The highest BCUT2D eigenvalue weighted by Crippen LogP contribution is 2.20. The second-order valence-corrected chi connectivity index (χ2v) is 5.02. The number of carbonyl (C=O) groups excluding carboxylic acids is 1. The van der Waals surface area contributed by atoms with Crippen LogP contribution >= 0.6 is 11.6 Å². The Hall–Kier alpha value is -2.14. The van der Waals surface area contributed by atoms with Crippen molar-refractivity contribution in [3.63, 3.8) is 0 Å². The maximum atomic E-state index is 13.7. The second kappa shape index (κ2) is 6.54. The molecule has 0 aliphatic heterocycles. The molecule has 0 bridgehead atoms. The average Bonchev–Trinajstić information content (AvgIpc) is 2.45. The van der Waals surface area contributed by atoms with Crippen LogP contribution in [0.2, 0.25) is 5.02 Å². The van der Waals surface area contributed by atoms with Gasteiger partial charge in [0, 0.05) is 36.4 Å². The molecule has 110 valence electrons. The van der Waals surface area contributed by atoms with Gasteiger partial charge in [-0.1, -0.05) is 23.7 Å². The van der Waals surface area contributed by atoms with Gasteiger partial charge in [-0.05, 0) is 18.2 Å². The molecule has 0 fully saturated rings. The van der Waals surface area contributed by atoms with Crippen LogP contribution in [0.5, 0.6) is 0 Å². The van der Waals surface area contributed by atoms with E-state index in [2.05, 4.69) is 0 Å². The number of hydrogen-bond donors (Lipinski definition) is 0. The van der Waals surface area contributed by atoms with Gasteiger partial charge in [0.15, 0.2) is 0 Å². The number of likely N-dealkylation sites (N-methyl/N-ethyl adjacent to an activating group) is 1. The van der Waals surface area contributed by atoms with E-state index >= 15 is 0 Å². The maximum Gasteiger partial charge on any atom is 0.250 e.